The molecule has 1 N–H and O–H groups in total. The fraction of sp³-hybridized carbons (Fsp3) is 1.00. The molecule has 3 heteroatoms. The molecule has 0 saturated carbocycles. The van der Waals surface area contributed by atoms with Crippen molar-refractivity contribution in [2.45, 2.75) is 12.5 Å². The van der Waals surface area contributed by atoms with Gasteiger partial charge in [-0.15, -0.1) is 0 Å². The lowest BCUT2D eigenvalue weighted by molar-refractivity contribution is -0.110. The zero-order chi connectivity index (χ0) is 5.82. The summed E-state index contributed by atoms with van der Waals surface area (Å²) in [6, 6.07) is 0. The molecule has 48 valence electrons. The Morgan fingerprint density at radius 1 is 1.88 bits per heavy atom. The fourth-order valence-corrected chi connectivity index (χ4v) is 0.592. The maximum atomic E-state index is 5.07. The van der Waals surface area contributed by atoms with Crippen molar-refractivity contribution in [2.75, 3.05) is 20.3 Å². The SMILES string of the molecule is CNOCC1CCO1. The Hall–Kier alpha value is -0.120. The van der Waals surface area contributed by atoms with Gasteiger partial charge in [0.15, 0.2) is 0 Å². The molecule has 1 unspecified atom stereocenters. The highest BCUT2D eigenvalue weighted by Crippen LogP contribution is 2.09. The van der Waals surface area contributed by atoms with Crippen molar-refractivity contribution in [3.63, 3.8) is 0 Å². The van der Waals surface area contributed by atoms with E-state index in [4.69, 9.17) is 9.57 Å². The molecule has 1 heterocycles. The molecule has 0 aliphatic carbocycles. The molecule has 1 aliphatic rings. The summed E-state index contributed by atoms with van der Waals surface area (Å²) in [6.07, 6.45) is 1.49. The molecule has 0 aromatic heterocycles. The van der Waals surface area contributed by atoms with Crippen LogP contribution in [0.25, 0.3) is 0 Å². The maximum absolute atomic E-state index is 5.07. The van der Waals surface area contributed by atoms with Crippen LogP contribution in [0.15, 0.2) is 0 Å². The van der Waals surface area contributed by atoms with E-state index in [0.717, 1.165) is 13.0 Å². The van der Waals surface area contributed by atoms with Crippen molar-refractivity contribution < 1.29 is 9.57 Å². The summed E-state index contributed by atoms with van der Waals surface area (Å²) in [7, 11) is 1.75. The van der Waals surface area contributed by atoms with Crippen molar-refractivity contribution in [1.82, 2.24) is 5.48 Å². The lowest BCUT2D eigenvalue weighted by Gasteiger charge is -2.25. The Balaban J connectivity index is 1.86. The van der Waals surface area contributed by atoms with Crippen LogP contribution in [-0.4, -0.2) is 26.4 Å². The molecule has 8 heavy (non-hydrogen) atoms. The Morgan fingerprint density at radius 3 is 3.00 bits per heavy atom. The number of ether oxygens (including phenoxy) is 1. The first-order valence-electron chi connectivity index (χ1n) is 2.83. The molecular weight excluding hydrogens is 106 g/mol. The third-order valence-electron chi connectivity index (χ3n) is 1.21. The normalized spacial score (nSPS) is 27.4. The summed E-state index contributed by atoms with van der Waals surface area (Å²) in [6.45, 7) is 1.58. The van der Waals surface area contributed by atoms with Crippen molar-refractivity contribution in [3.05, 3.63) is 0 Å². The standard InChI is InChI=1S/C5H11NO2/c1-6-8-4-5-2-3-7-5/h5-6H,2-4H2,1H3. The van der Waals surface area contributed by atoms with Crippen molar-refractivity contribution in [3.8, 4) is 0 Å². The van der Waals surface area contributed by atoms with Crippen LogP contribution in [0.3, 0.4) is 0 Å². The van der Waals surface area contributed by atoms with E-state index in [0.29, 0.717) is 12.7 Å². The molecule has 3 nitrogen and oxygen atoms in total. The molecular formula is C5H11NO2. The average molecular weight is 117 g/mol. The monoisotopic (exact) mass is 117 g/mol. The van der Waals surface area contributed by atoms with Gasteiger partial charge in [0.2, 0.25) is 0 Å². The van der Waals surface area contributed by atoms with Crippen LogP contribution in [0.5, 0.6) is 0 Å². The van der Waals surface area contributed by atoms with E-state index in [1.54, 1.807) is 7.05 Å². The van der Waals surface area contributed by atoms with Crippen LogP contribution in [0.4, 0.5) is 0 Å². The molecule has 0 aromatic carbocycles. The summed E-state index contributed by atoms with van der Waals surface area (Å²) in [5.74, 6) is 0. The topological polar surface area (TPSA) is 30.5 Å². The van der Waals surface area contributed by atoms with Gasteiger partial charge in [0.1, 0.15) is 0 Å². The fourth-order valence-electron chi connectivity index (χ4n) is 0.592. The van der Waals surface area contributed by atoms with Gasteiger partial charge >= 0.3 is 0 Å². The second-order valence-corrected chi connectivity index (χ2v) is 1.80. The predicted molar refractivity (Wildman–Crippen MR) is 29.4 cm³/mol. The van der Waals surface area contributed by atoms with Crippen molar-refractivity contribution in [1.29, 1.82) is 0 Å². The molecule has 1 saturated heterocycles. The third kappa shape index (κ3) is 1.43. The molecule has 0 radical (unpaired) electrons. The van der Waals surface area contributed by atoms with Crippen LogP contribution in [0, 0.1) is 0 Å². The van der Waals surface area contributed by atoms with Crippen molar-refractivity contribution in [2.24, 2.45) is 0 Å². The van der Waals surface area contributed by atoms with E-state index in [2.05, 4.69) is 5.48 Å². The van der Waals surface area contributed by atoms with Crippen LogP contribution in [0.2, 0.25) is 0 Å². The summed E-state index contributed by atoms with van der Waals surface area (Å²) in [5, 5.41) is 0. The van der Waals surface area contributed by atoms with Gasteiger partial charge in [0, 0.05) is 13.7 Å². The van der Waals surface area contributed by atoms with Crippen LogP contribution < -0.4 is 5.48 Å². The van der Waals surface area contributed by atoms with Gasteiger partial charge in [-0.1, -0.05) is 0 Å². The first-order valence-corrected chi connectivity index (χ1v) is 2.83. The second kappa shape index (κ2) is 3.02. The molecule has 1 aliphatic heterocycles. The molecule has 1 atom stereocenters. The Labute approximate surface area is 48.9 Å². The minimum atomic E-state index is 0.349. The van der Waals surface area contributed by atoms with E-state index in [9.17, 15) is 0 Å². The number of hydrogen-bond donors (Lipinski definition) is 1. The van der Waals surface area contributed by atoms with Gasteiger partial charge in [0.05, 0.1) is 12.7 Å². The largest absolute Gasteiger partial charge is 0.376 e. The molecule has 0 aromatic rings. The Bertz CT molecular complexity index is 63.4. The lowest BCUT2D eigenvalue weighted by Crippen LogP contribution is -2.33. The van der Waals surface area contributed by atoms with E-state index in [1.807, 2.05) is 0 Å². The number of hydrogen-bond acceptors (Lipinski definition) is 3. The number of nitrogens with one attached hydrogen (secondary N) is 1. The quantitative estimate of drug-likeness (QED) is 0.525. The minimum Gasteiger partial charge on any atom is -0.376 e. The first kappa shape index (κ1) is 6.01. The van der Waals surface area contributed by atoms with Gasteiger partial charge < -0.3 is 4.74 Å². The van der Waals surface area contributed by atoms with Gasteiger partial charge in [-0.2, -0.15) is 0 Å². The van der Waals surface area contributed by atoms with Crippen molar-refractivity contribution >= 4 is 0 Å². The van der Waals surface area contributed by atoms with E-state index in [-0.39, 0.29) is 0 Å². The smallest absolute Gasteiger partial charge is 0.0945 e. The number of rotatable bonds is 3. The highest BCUT2D eigenvalue weighted by Gasteiger charge is 2.17. The maximum Gasteiger partial charge on any atom is 0.0945 e. The van der Waals surface area contributed by atoms with Gasteiger partial charge in [-0.05, 0) is 6.42 Å². The minimum absolute atomic E-state index is 0.349. The summed E-state index contributed by atoms with van der Waals surface area (Å²) < 4.78 is 5.07. The van der Waals surface area contributed by atoms with Gasteiger partial charge in [-0.3, -0.25) is 4.84 Å². The van der Waals surface area contributed by atoms with E-state index < -0.39 is 0 Å². The highest BCUT2D eigenvalue weighted by atomic mass is 16.7. The molecule has 1 fully saturated rings. The first-order chi connectivity index (χ1) is 3.93. The molecule has 0 bridgehead atoms. The third-order valence-corrected chi connectivity index (χ3v) is 1.21. The van der Waals surface area contributed by atoms with Crippen LogP contribution in [0.1, 0.15) is 6.42 Å². The second-order valence-electron chi connectivity index (χ2n) is 1.80. The van der Waals surface area contributed by atoms with Gasteiger partial charge in [0.25, 0.3) is 0 Å². The molecule has 0 spiro atoms. The summed E-state index contributed by atoms with van der Waals surface area (Å²) >= 11 is 0. The lowest BCUT2D eigenvalue weighted by atomic mass is 10.2. The Morgan fingerprint density at radius 2 is 2.62 bits per heavy atom. The van der Waals surface area contributed by atoms with Gasteiger partial charge in [-0.25, -0.2) is 5.48 Å². The zero-order valence-electron chi connectivity index (χ0n) is 5.02. The molecule has 1 rings (SSSR count). The summed E-state index contributed by atoms with van der Waals surface area (Å²) in [5.41, 5.74) is 2.59. The average Bonchev–Trinajstić information content (AvgIpc) is 1.63. The Kier molecular flexibility index (Phi) is 2.27. The molecule has 0 amide bonds. The zero-order valence-corrected chi connectivity index (χ0v) is 5.02. The van der Waals surface area contributed by atoms with Crippen LogP contribution in [-0.2, 0) is 9.57 Å². The summed E-state index contributed by atoms with van der Waals surface area (Å²) in [4.78, 5) is 4.86. The van der Waals surface area contributed by atoms with Crippen LogP contribution >= 0.6 is 0 Å². The van der Waals surface area contributed by atoms with E-state index in [1.165, 1.54) is 0 Å². The highest BCUT2D eigenvalue weighted by molar-refractivity contribution is 4.63. The predicted octanol–water partition coefficient (Wildman–Crippen LogP) is -0.0737. The van der Waals surface area contributed by atoms with E-state index >= 15 is 0 Å². The number of hydroxylamine groups is 1.